The van der Waals surface area contributed by atoms with Gasteiger partial charge in [-0.1, -0.05) is 48.5 Å². The van der Waals surface area contributed by atoms with E-state index in [4.69, 9.17) is 94.7 Å². The van der Waals surface area contributed by atoms with Crippen LogP contribution in [0.15, 0.2) is 97.1 Å². The second-order valence-electron chi connectivity index (χ2n) is 22.8. The van der Waals surface area contributed by atoms with Gasteiger partial charge < -0.3 is 94.7 Å². The maximum atomic E-state index is 6.59. The maximum Gasteiger partial charge on any atom is 0.161 e. The zero-order chi connectivity index (χ0) is 61.9. The van der Waals surface area contributed by atoms with E-state index in [2.05, 4.69) is 97.1 Å². The van der Waals surface area contributed by atoms with Crippen LogP contribution in [-0.4, -0.2) is 211 Å². The van der Waals surface area contributed by atoms with Crippen LogP contribution in [0.3, 0.4) is 0 Å². The smallest absolute Gasteiger partial charge is 0.161 e. The Hall–Kier alpha value is -6.76. The highest BCUT2D eigenvalue weighted by Crippen LogP contribution is 2.61. The Balaban J connectivity index is 0.805. The third-order valence-electron chi connectivity index (χ3n) is 17.2. The summed E-state index contributed by atoms with van der Waals surface area (Å²) < 4.78 is 125. The number of hydrogen-bond donors (Lipinski definition) is 0. The van der Waals surface area contributed by atoms with Crippen LogP contribution in [0.4, 0.5) is 0 Å². The first-order valence-electron chi connectivity index (χ1n) is 32.6. The molecule has 0 amide bonds. The predicted octanol–water partition coefficient (Wildman–Crippen LogP) is 8.63. The van der Waals surface area contributed by atoms with Crippen LogP contribution < -0.4 is 37.9 Å². The molecule has 0 saturated heterocycles. The van der Waals surface area contributed by atoms with E-state index in [1.54, 1.807) is 0 Å². The number of rotatable bonds is 0. The monoisotopic (exact) mass is 1270 g/mol. The lowest BCUT2D eigenvalue weighted by atomic mass is 9.61. The Labute approximate surface area is 537 Å². The van der Waals surface area contributed by atoms with Crippen LogP contribution >= 0.6 is 0 Å². The molecule has 0 aromatic heterocycles. The molecule has 8 aliphatic rings. The number of fused-ring (bicyclic) bond motifs is 4. The molecular formula is C72H84O20. The summed E-state index contributed by atoms with van der Waals surface area (Å²) in [5, 5.41) is 0. The van der Waals surface area contributed by atoms with Gasteiger partial charge in [0.05, 0.1) is 159 Å². The Bertz CT molecular complexity index is 2760. The highest BCUT2D eigenvalue weighted by Gasteiger charge is 2.45. The van der Waals surface area contributed by atoms with E-state index in [-0.39, 0.29) is 76.5 Å². The standard InChI is InChI=1S/C72H84O20/c1-2-6-50-49(5-1)69-53-41-61-63-43-55(53)70(50)56-44-64-62(42-54(56)69)86-34-26-78-18-10-74-14-22-82-30-38-90-66-46-58-60(48-68(66)92-40-32-84-24-16-76-12-20-80-28-36-88-64)72-52-8-4-3-7-51(52)71(58)57-45-65(89-37-29-81-21-13-73-9-17-77-25-33-85-61)67(47-59(57)72)91-39-31-83-23-15-75-11-19-79-27-35-87-63/h1-8,41-48,69-72H,9-40H2. The molecule has 20 nitrogen and oxygen atoms in total. The second-order valence-corrected chi connectivity index (χ2v) is 22.8. The Morgan fingerprint density at radius 3 is 0.402 bits per heavy atom. The van der Waals surface area contributed by atoms with E-state index in [0.717, 1.165) is 44.5 Å². The molecule has 0 unspecified atom stereocenters. The highest BCUT2D eigenvalue weighted by molar-refractivity contribution is 5.74. The average Bonchev–Trinajstić information content (AvgIpc) is 0.709. The van der Waals surface area contributed by atoms with Crippen molar-refractivity contribution in [2.75, 3.05) is 211 Å². The van der Waals surface area contributed by atoms with Gasteiger partial charge in [0, 0.05) is 23.7 Å². The minimum Gasteiger partial charge on any atom is -0.487 e. The van der Waals surface area contributed by atoms with Gasteiger partial charge in [0.15, 0.2) is 46.0 Å². The van der Waals surface area contributed by atoms with Crippen molar-refractivity contribution in [3.05, 3.63) is 164 Å². The first-order chi connectivity index (χ1) is 45.8. The number of ether oxygens (including phenoxy) is 20. The van der Waals surface area contributed by atoms with Crippen LogP contribution in [0.5, 0.6) is 46.0 Å². The van der Waals surface area contributed by atoms with Gasteiger partial charge in [-0.15, -0.1) is 0 Å². The lowest BCUT2D eigenvalue weighted by Gasteiger charge is -2.43. The molecule has 2 heterocycles. The topological polar surface area (TPSA) is 185 Å². The van der Waals surface area contributed by atoms with Crippen molar-refractivity contribution in [2.24, 2.45) is 0 Å². The summed E-state index contributed by atoms with van der Waals surface area (Å²) >= 11 is 0. The predicted molar refractivity (Wildman–Crippen MR) is 336 cm³/mol. The van der Waals surface area contributed by atoms with Crippen molar-refractivity contribution in [3.8, 4) is 46.0 Å². The van der Waals surface area contributed by atoms with Crippen molar-refractivity contribution in [3.63, 3.8) is 0 Å². The average molecular weight is 1270 g/mol. The fourth-order valence-electron chi connectivity index (χ4n) is 13.2. The van der Waals surface area contributed by atoms with Crippen LogP contribution in [0, 0.1) is 0 Å². The van der Waals surface area contributed by atoms with Gasteiger partial charge in [0.25, 0.3) is 0 Å². The summed E-state index contributed by atoms with van der Waals surface area (Å²) in [6.07, 6.45) is 0. The van der Waals surface area contributed by atoms with Gasteiger partial charge in [0.1, 0.15) is 52.9 Å². The quantitative estimate of drug-likeness (QED) is 0.140. The summed E-state index contributed by atoms with van der Waals surface area (Å²) in [4.78, 5) is 0. The van der Waals surface area contributed by atoms with Crippen molar-refractivity contribution >= 4 is 0 Å². The minimum atomic E-state index is -0.137. The summed E-state index contributed by atoms with van der Waals surface area (Å²) in [7, 11) is 0. The normalized spacial score (nSPS) is 22.9. The SMILES string of the molecule is c1ccc2c(c1)C1c3cc4c5cc3C2c2cc3c(cc21)OCCOCCOCCOCCOc1cc2c(cc1OCCOCCOCCOCCO3)C1c3ccccc3C2c2cc(c(cc21)OCCOCCOCCOCCO5)OCCOCCOCCOCCO4. The van der Waals surface area contributed by atoms with Gasteiger partial charge in [-0.25, -0.2) is 0 Å². The van der Waals surface area contributed by atoms with E-state index in [0.29, 0.717) is 205 Å². The molecule has 0 radical (unpaired) electrons. The molecule has 6 aromatic rings. The van der Waals surface area contributed by atoms with Gasteiger partial charge in [-0.05, 0) is 115 Å². The lowest BCUT2D eigenvalue weighted by Crippen LogP contribution is -2.28. The molecule has 6 aromatic carbocycles. The molecule has 0 atom stereocenters. The zero-order valence-electron chi connectivity index (χ0n) is 52.3. The number of hydrogen-bond acceptors (Lipinski definition) is 20. The molecule has 2 aliphatic heterocycles. The first-order valence-corrected chi connectivity index (χ1v) is 32.6. The largest absolute Gasteiger partial charge is 0.487 e. The van der Waals surface area contributed by atoms with Gasteiger partial charge >= 0.3 is 0 Å². The van der Waals surface area contributed by atoms with Gasteiger partial charge in [0.2, 0.25) is 0 Å². The Kier molecular flexibility index (Phi) is 22.9. The van der Waals surface area contributed by atoms with Gasteiger partial charge in [-0.2, -0.15) is 0 Å². The van der Waals surface area contributed by atoms with Crippen molar-refractivity contribution < 1.29 is 94.7 Å². The second kappa shape index (κ2) is 32.9. The molecule has 0 fully saturated rings. The zero-order valence-corrected chi connectivity index (χ0v) is 52.3. The van der Waals surface area contributed by atoms with Crippen molar-refractivity contribution in [1.82, 2.24) is 0 Å². The highest BCUT2D eigenvalue weighted by atomic mass is 16.6. The molecular weight excluding hydrogens is 1180 g/mol. The lowest BCUT2D eigenvalue weighted by molar-refractivity contribution is 0.00244. The van der Waals surface area contributed by atoms with E-state index in [1.807, 2.05) is 0 Å². The Morgan fingerprint density at radius 1 is 0.152 bits per heavy atom. The van der Waals surface area contributed by atoms with E-state index < -0.39 is 0 Å². The molecule has 14 rings (SSSR count). The molecule has 4 bridgehead atoms. The van der Waals surface area contributed by atoms with Gasteiger partial charge in [-0.3, -0.25) is 0 Å². The molecule has 0 N–H and O–H groups in total. The molecule has 0 spiro atoms. The van der Waals surface area contributed by atoms with Crippen LogP contribution in [-0.2, 0) is 56.8 Å². The third kappa shape index (κ3) is 15.4. The molecule has 492 valence electrons. The molecule has 0 saturated carbocycles. The summed E-state index contributed by atoms with van der Waals surface area (Å²) in [6, 6.07) is 34.4. The fraction of sp³-hybridized carbons (Fsp3) is 0.500. The molecule has 6 aliphatic carbocycles. The summed E-state index contributed by atoms with van der Waals surface area (Å²) in [6.45, 7) is 11.2. The van der Waals surface area contributed by atoms with Crippen LogP contribution in [0.1, 0.15) is 90.4 Å². The molecule has 20 heteroatoms. The van der Waals surface area contributed by atoms with E-state index >= 15 is 0 Å². The summed E-state index contributed by atoms with van der Waals surface area (Å²) in [5.74, 6) is 4.39. The third-order valence-corrected chi connectivity index (χ3v) is 17.2. The fourth-order valence-corrected chi connectivity index (χ4v) is 13.2. The number of benzene rings is 6. The van der Waals surface area contributed by atoms with Crippen molar-refractivity contribution in [2.45, 2.75) is 23.7 Å². The van der Waals surface area contributed by atoms with E-state index in [1.165, 1.54) is 22.3 Å². The van der Waals surface area contributed by atoms with Crippen LogP contribution in [0.25, 0.3) is 0 Å². The first kappa shape index (κ1) is 64.0. The minimum absolute atomic E-state index is 0.137. The van der Waals surface area contributed by atoms with E-state index in [9.17, 15) is 0 Å². The Morgan fingerprint density at radius 2 is 0.272 bits per heavy atom. The maximum absolute atomic E-state index is 6.59. The summed E-state index contributed by atoms with van der Waals surface area (Å²) in [5.41, 5.74) is 13.9. The molecule has 92 heavy (non-hydrogen) atoms. The van der Waals surface area contributed by atoms with Crippen molar-refractivity contribution in [1.29, 1.82) is 0 Å². The van der Waals surface area contributed by atoms with Crippen LogP contribution in [0.2, 0.25) is 0 Å².